The number of Topliss-reactive ketones (excluding diaryl/α,β-unsaturated/α-hetero) is 1. The summed E-state index contributed by atoms with van der Waals surface area (Å²) in [6, 6.07) is 15.5. The Kier molecular flexibility index (Phi) is 10.7. The van der Waals surface area contributed by atoms with Gasteiger partial charge in [-0.1, -0.05) is 119 Å². The van der Waals surface area contributed by atoms with Gasteiger partial charge in [-0.05, 0) is 39.5 Å². The molecule has 1 fully saturated rings. The van der Waals surface area contributed by atoms with Crippen LogP contribution in [0.1, 0.15) is 121 Å². The van der Waals surface area contributed by atoms with E-state index in [4.69, 9.17) is 0 Å². The molecule has 1 aliphatic heterocycles. The van der Waals surface area contributed by atoms with Crippen LogP contribution < -0.4 is 5.32 Å². The summed E-state index contributed by atoms with van der Waals surface area (Å²) in [4.78, 5) is 50.1. The van der Waals surface area contributed by atoms with E-state index in [9.17, 15) is 19.2 Å². The molecule has 3 rings (SSSR count). The lowest BCUT2D eigenvalue weighted by atomic mass is 9.80. The lowest BCUT2D eigenvalue weighted by molar-refractivity contribution is -0.140. The van der Waals surface area contributed by atoms with Gasteiger partial charge in [0.2, 0.25) is 11.8 Å². The number of imide groups is 1. The maximum Gasteiger partial charge on any atom is 0.251 e. The summed E-state index contributed by atoms with van der Waals surface area (Å²) >= 11 is 0. The molecule has 1 saturated heterocycles. The number of nitrogens with zero attached hydrogens (tertiary/aromatic N) is 1. The Balaban J connectivity index is 0.000000330. The lowest BCUT2D eigenvalue weighted by Gasteiger charge is -2.24. The van der Waals surface area contributed by atoms with Crippen molar-refractivity contribution in [2.24, 2.45) is 16.7 Å². The minimum atomic E-state index is -0.302. The molecule has 1 atom stereocenters. The van der Waals surface area contributed by atoms with Crippen molar-refractivity contribution in [1.82, 2.24) is 10.2 Å². The monoisotopic (exact) mass is 576 g/mol. The number of likely N-dealkylation sites (tertiary alicyclic amines) is 1. The summed E-state index contributed by atoms with van der Waals surface area (Å²) in [7, 11) is 0. The number of carbonyl (C=O) groups is 4. The summed E-state index contributed by atoms with van der Waals surface area (Å²) in [5.74, 6) is -0.564. The van der Waals surface area contributed by atoms with Crippen molar-refractivity contribution in [3.05, 3.63) is 70.8 Å². The maximum atomic E-state index is 12.4. The van der Waals surface area contributed by atoms with Gasteiger partial charge >= 0.3 is 0 Å². The SMILES string of the molecule is CC(C)(C)C(=O)c1ccc(C(C)(C)C)cc1.CC(C)(C)c1ccc(C(=O)NCCN2C(=O)CC(C(C)(C)C)C2=O)cc1. The number of benzene rings is 2. The summed E-state index contributed by atoms with van der Waals surface area (Å²) in [6.07, 6.45) is 0.255. The van der Waals surface area contributed by atoms with Gasteiger partial charge in [0.1, 0.15) is 0 Å². The number of carbonyl (C=O) groups excluding carboxylic acids is 4. The Labute approximate surface area is 253 Å². The molecule has 42 heavy (non-hydrogen) atoms. The molecule has 2 aromatic carbocycles. The molecule has 0 saturated carbocycles. The predicted octanol–water partition coefficient (Wildman–Crippen LogP) is 7.35. The number of nitrogens with one attached hydrogen (secondary N) is 1. The number of hydrogen-bond donors (Lipinski definition) is 1. The van der Waals surface area contributed by atoms with Crippen LogP contribution in [-0.2, 0) is 20.4 Å². The largest absolute Gasteiger partial charge is 0.350 e. The highest BCUT2D eigenvalue weighted by molar-refractivity contribution is 6.04. The Morgan fingerprint density at radius 3 is 1.50 bits per heavy atom. The normalized spacial score (nSPS) is 16.2. The Bertz CT molecular complexity index is 1260. The van der Waals surface area contributed by atoms with Gasteiger partial charge < -0.3 is 5.32 Å². The van der Waals surface area contributed by atoms with Gasteiger partial charge in [0.25, 0.3) is 5.91 Å². The molecule has 0 spiro atoms. The van der Waals surface area contributed by atoms with E-state index >= 15 is 0 Å². The number of amides is 3. The van der Waals surface area contributed by atoms with Crippen LogP contribution in [0.15, 0.2) is 48.5 Å². The molecule has 1 aliphatic rings. The first-order valence-corrected chi connectivity index (χ1v) is 14.9. The van der Waals surface area contributed by atoms with E-state index in [-0.39, 0.29) is 70.6 Å². The van der Waals surface area contributed by atoms with Gasteiger partial charge in [0.05, 0.1) is 5.92 Å². The summed E-state index contributed by atoms with van der Waals surface area (Å²) in [5, 5.41) is 2.79. The lowest BCUT2D eigenvalue weighted by Crippen LogP contribution is -2.39. The summed E-state index contributed by atoms with van der Waals surface area (Å²) in [5.41, 5.74) is 3.44. The number of ketones is 1. The van der Waals surface area contributed by atoms with Crippen molar-refractivity contribution in [3.63, 3.8) is 0 Å². The third-order valence-electron chi connectivity index (χ3n) is 7.62. The minimum absolute atomic E-state index is 0.0368. The van der Waals surface area contributed by atoms with Crippen molar-refractivity contribution < 1.29 is 19.2 Å². The molecule has 1 heterocycles. The van der Waals surface area contributed by atoms with Crippen LogP contribution in [0.2, 0.25) is 0 Å². The van der Waals surface area contributed by atoms with Gasteiger partial charge in [-0.3, -0.25) is 24.1 Å². The third-order valence-corrected chi connectivity index (χ3v) is 7.62. The fourth-order valence-electron chi connectivity index (χ4n) is 4.65. The molecule has 6 nitrogen and oxygen atoms in total. The molecule has 0 bridgehead atoms. The first-order chi connectivity index (χ1) is 19.0. The molecular formula is C36H52N2O4. The molecule has 1 unspecified atom stereocenters. The van der Waals surface area contributed by atoms with Crippen molar-refractivity contribution in [2.75, 3.05) is 13.1 Å². The molecule has 230 valence electrons. The second kappa shape index (κ2) is 12.9. The molecular weight excluding hydrogens is 524 g/mol. The molecule has 3 amide bonds. The summed E-state index contributed by atoms with van der Waals surface area (Å²) in [6.45, 7) is 25.1. The van der Waals surface area contributed by atoms with Gasteiger partial charge in [0.15, 0.2) is 5.78 Å². The Morgan fingerprint density at radius 2 is 1.14 bits per heavy atom. The average Bonchev–Trinajstić information content (AvgIpc) is 3.16. The van der Waals surface area contributed by atoms with Crippen LogP contribution in [0.25, 0.3) is 0 Å². The van der Waals surface area contributed by atoms with Crippen molar-refractivity contribution in [3.8, 4) is 0 Å². The zero-order chi connectivity index (χ0) is 32.3. The van der Waals surface area contributed by atoms with Gasteiger partial charge in [-0.2, -0.15) is 0 Å². The molecule has 1 N–H and O–H groups in total. The third kappa shape index (κ3) is 9.37. The van der Waals surface area contributed by atoms with Crippen molar-refractivity contribution in [1.29, 1.82) is 0 Å². The van der Waals surface area contributed by atoms with Crippen LogP contribution in [-0.4, -0.2) is 41.5 Å². The van der Waals surface area contributed by atoms with Crippen LogP contribution >= 0.6 is 0 Å². The molecule has 0 radical (unpaired) electrons. The predicted molar refractivity (Wildman–Crippen MR) is 171 cm³/mol. The maximum absolute atomic E-state index is 12.4. The van der Waals surface area contributed by atoms with E-state index < -0.39 is 0 Å². The van der Waals surface area contributed by atoms with Crippen LogP contribution in [0.4, 0.5) is 0 Å². The molecule has 0 aromatic heterocycles. The van der Waals surface area contributed by atoms with Crippen LogP contribution in [0.3, 0.4) is 0 Å². The van der Waals surface area contributed by atoms with Crippen molar-refractivity contribution >= 4 is 23.5 Å². The fourth-order valence-corrected chi connectivity index (χ4v) is 4.65. The Morgan fingerprint density at radius 1 is 0.714 bits per heavy atom. The summed E-state index contributed by atoms with van der Waals surface area (Å²) < 4.78 is 0. The van der Waals surface area contributed by atoms with Crippen LogP contribution in [0, 0.1) is 16.7 Å². The molecule has 6 heteroatoms. The highest BCUT2D eigenvalue weighted by atomic mass is 16.2. The van der Waals surface area contributed by atoms with Gasteiger partial charge in [-0.25, -0.2) is 0 Å². The highest BCUT2D eigenvalue weighted by Crippen LogP contribution is 2.35. The number of hydrogen-bond acceptors (Lipinski definition) is 4. The smallest absolute Gasteiger partial charge is 0.251 e. The van der Waals surface area contributed by atoms with E-state index in [1.165, 1.54) is 10.5 Å². The Hall–Kier alpha value is -3.28. The van der Waals surface area contributed by atoms with E-state index in [1.807, 2.05) is 65.8 Å². The van der Waals surface area contributed by atoms with E-state index in [1.54, 1.807) is 12.1 Å². The highest BCUT2D eigenvalue weighted by Gasteiger charge is 2.44. The van der Waals surface area contributed by atoms with E-state index in [0.29, 0.717) is 5.56 Å². The second-order valence-corrected chi connectivity index (χ2v) is 15.5. The first kappa shape index (κ1) is 34.9. The topological polar surface area (TPSA) is 83.6 Å². The van der Waals surface area contributed by atoms with Gasteiger partial charge in [-0.15, -0.1) is 0 Å². The molecule has 0 aliphatic carbocycles. The fraction of sp³-hybridized carbons (Fsp3) is 0.556. The average molecular weight is 577 g/mol. The number of rotatable bonds is 5. The van der Waals surface area contributed by atoms with Crippen LogP contribution in [0.5, 0.6) is 0 Å². The van der Waals surface area contributed by atoms with E-state index in [2.05, 4.69) is 59.0 Å². The zero-order valence-electron chi connectivity index (χ0n) is 27.9. The minimum Gasteiger partial charge on any atom is -0.350 e. The van der Waals surface area contributed by atoms with E-state index in [0.717, 1.165) is 11.1 Å². The van der Waals surface area contributed by atoms with Crippen molar-refractivity contribution in [2.45, 2.75) is 100 Å². The quantitative estimate of drug-likeness (QED) is 0.298. The standard InChI is InChI=1S/C21H30N2O3.C15H22O/c1-20(2,3)15-9-7-14(8-10-15)18(25)22-11-12-23-17(24)13-16(19(23)26)21(4,5)6;1-14(2,3)12-9-7-11(8-10-12)13(16)15(4,5)6/h7-10,16H,11-13H2,1-6H3,(H,22,25);7-10H,1-6H3. The zero-order valence-corrected chi connectivity index (χ0v) is 27.9. The first-order valence-electron chi connectivity index (χ1n) is 14.9. The van der Waals surface area contributed by atoms with Gasteiger partial charge in [0, 0.05) is 36.1 Å². The second-order valence-electron chi connectivity index (χ2n) is 15.5. The molecule has 2 aromatic rings.